The molecule has 0 saturated heterocycles. The topological polar surface area (TPSA) is 37.4 Å². The molecule has 1 heterocycles. The van der Waals surface area contributed by atoms with Gasteiger partial charge in [-0.15, -0.1) is 0 Å². The highest BCUT2D eigenvalue weighted by Gasteiger charge is 2.17. The standard InChI is InChI=1S/C15H20FNO2S/c1-3-17-9-7-12(8-10-17)14-6-4-5-13(15(14)16)11-20(2,18)19/h4-7H,3,8-11H2,1-2H3. The van der Waals surface area contributed by atoms with Crippen LogP contribution in [-0.2, 0) is 15.6 Å². The van der Waals surface area contributed by atoms with Gasteiger partial charge < -0.3 is 0 Å². The van der Waals surface area contributed by atoms with Crippen molar-refractivity contribution >= 4 is 15.4 Å². The maximum absolute atomic E-state index is 14.4. The second-order valence-electron chi connectivity index (χ2n) is 5.22. The van der Waals surface area contributed by atoms with Crippen molar-refractivity contribution in [3.8, 4) is 0 Å². The van der Waals surface area contributed by atoms with Crippen LogP contribution in [0.2, 0.25) is 0 Å². The van der Waals surface area contributed by atoms with Crippen molar-refractivity contribution in [1.82, 2.24) is 4.90 Å². The number of halogens is 1. The molecular weight excluding hydrogens is 277 g/mol. The molecule has 110 valence electrons. The monoisotopic (exact) mass is 297 g/mol. The number of sulfone groups is 1. The number of rotatable bonds is 4. The van der Waals surface area contributed by atoms with Crippen LogP contribution in [0.15, 0.2) is 24.3 Å². The first kappa shape index (κ1) is 15.2. The molecule has 0 N–H and O–H groups in total. The molecular formula is C15H20FNO2S. The zero-order valence-corrected chi connectivity index (χ0v) is 12.7. The Kier molecular flexibility index (Phi) is 4.60. The molecule has 3 nitrogen and oxygen atoms in total. The quantitative estimate of drug-likeness (QED) is 0.857. The first-order valence-electron chi connectivity index (χ1n) is 6.77. The van der Waals surface area contributed by atoms with Gasteiger partial charge in [0.25, 0.3) is 0 Å². The SMILES string of the molecule is CCN1CC=C(c2cccc(CS(C)(=O)=O)c2F)CC1. The van der Waals surface area contributed by atoms with Gasteiger partial charge in [0, 0.05) is 30.5 Å². The van der Waals surface area contributed by atoms with Crippen molar-refractivity contribution in [3.63, 3.8) is 0 Å². The summed E-state index contributed by atoms with van der Waals surface area (Å²) in [6, 6.07) is 5.00. The third kappa shape index (κ3) is 3.67. The van der Waals surface area contributed by atoms with Crippen LogP contribution in [0.3, 0.4) is 0 Å². The Labute approximate surface area is 120 Å². The highest BCUT2D eigenvalue weighted by Crippen LogP contribution is 2.27. The fourth-order valence-corrected chi connectivity index (χ4v) is 3.25. The minimum atomic E-state index is -3.23. The van der Waals surface area contributed by atoms with Gasteiger partial charge in [-0.3, -0.25) is 4.90 Å². The van der Waals surface area contributed by atoms with Crippen molar-refractivity contribution < 1.29 is 12.8 Å². The molecule has 1 aliphatic heterocycles. The Morgan fingerprint density at radius 1 is 1.35 bits per heavy atom. The lowest BCUT2D eigenvalue weighted by atomic mass is 9.97. The lowest BCUT2D eigenvalue weighted by Crippen LogP contribution is -2.28. The van der Waals surface area contributed by atoms with Gasteiger partial charge in [-0.05, 0) is 18.5 Å². The van der Waals surface area contributed by atoms with E-state index in [0.29, 0.717) is 5.56 Å². The van der Waals surface area contributed by atoms with Crippen LogP contribution in [0.1, 0.15) is 24.5 Å². The molecule has 2 rings (SSSR count). The smallest absolute Gasteiger partial charge is 0.151 e. The predicted molar refractivity (Wildman–Crippen MR) is 79.7 cm³/mol. The van der Waals surface area contributed by atoms with E-state index in [1.807, 2.05) is 6.08 Å². The molecule has 0 radical (unpaired) electrons. The first-order valence-corrected chi connectivity index (χ1v) is 8.83. The van der Waals surface area contributed by atoms with Crippen molar-refractivity contribution in [2.24, 2.45) is 0 Å². The van der Waals surface area contributed by atoms with E-state index >= 15 is 0 Å². The van der Waals surface area contributed by atoms with E-state index in [9.17, 15) is 12.8 Å². The normalized spacial score (nSPS) is 17.1. The average molecular weight is 297 g/mol. The van der Waals surface area contributed by atoms with Crippen molar-refractivity contribution in [2.75, 3.05) is 25.9 Å². The molecule has 1 aromatic rings. The van der Waals surface area contributed by atoms with Crippen LogP contribution in [0, 0.1) is 5.82 Å². The Bertz CT molecular complexity index is 623. The average Bonchev–Trinajstić information content (AvgIpc) is 2.40. The second kappa shape index (κ2) is 6.06. The molecule has 1 aromatic carbocycles. The second-order valence-corrected chi connectivity index (χ2v) is 7.36. The third-order valence-corrected chi connectivity index (χ3v) is 4.42. The van der Waals surface area contributed by atoms with Gasteiger partial charge in [-0.1, -0.05) is 31.2 Å². The Morgan fingerprint density at radius 3 is 2.65 bits per heavy atom. The molecule has 0 saturated carbocycles. The van der Waals surface area contributed by atoms with E-state index in [4.69, 9.17) is 0 Å². The van der Waals surface area contributed by atoms with Gasteiger partial charge in [0.1, 0.15) is 5.82 Å². The van der Waals surface area contributed by atoms with E-state index in [1.54, 1.807) is 18.2 Å². The molecule has 1 aliphatic rings. The molecule has 0 atom stereocenters. The molecule has 0 fully saturated rings. The molecule has 0 unspecified atom stereocenters. The lowest BCUT2D eigenvalue weighted by molar-refractivity contribution is 0.318. The van der Waals surface area contributed by atoms with Gasteiger partial charge in [0.05, 0.1) is 5.75 Å². The van der Waals surface area contributed by atoms with Gasteiger partial charge in [-0.2, -0.15) is 0 Å². The van der Waals surface area contributed by atoms with Crippen molar-refractivity contribution in [3.05, 3.63) is 41.2 Å². The van der Waals surface area contributed by atoms with Crippen LogP contribution in [0.25, 0.3) is 5.57 Å². The summed E-state index contributed by atoms with van der Waals surface area (Å²) >= 11 is 0. The molecule has 0 bridgehead atoms. The summed E-state index contributed by atoms with van der Waals surface area (Å²) in [5.74, 6) is -0.643. The van der Waals surface area contributed by atoms with E-state index in [0.717, 1.165) is 37.9 Å². The van der Waals surface area contributed by atoms with Gasteiger partial charge in [0.2, 0.25) is 0 Å². The van der Waals surface area contributed by atoms with Crippen LogP contribution >= 0.6 is 0 Å². The minimum Gasteiger partial charge on any atom is -0.300 e. The maximum atomic E-state index is 14.4. The molecule has 20 heavy (non-hydrogen) atoms. The highest BCUT2D eigenvalue weighted by molar-refractivity contribution is 7.89. The van der Waals surface area contributed by atoms with E-state index < -0.39 is 15.7 Å². The van der Waals surface area contributed by atoms with Crippen molar-refractivity contribution in [2.45, 2.75) is 19.1 Å². The Hall–Kier alpha value is -1.20. The van der Waals surface area contributed by atoms with Gasteiger partial charge >= 0.3 is 0 Å². The summed E-state index contributed by atoms with van der Waals surface area (Å²) in [7, 11) is -3.23. The largest absolute Gasteiger partial charge is 0.300 e. The minimum absolute atomic E-state index is 0.249. The lowest BCUT2D eigenvalue weighted by Gasteiger charge is -2.25. The third-order valence-electron chi connectivity index (χ3n) is 3.58. The fourth-order valence-electron chi connectivity index (χ4n) is 2.46. The Morgan fingerprint density at radius 2 is 2.10 bits per heavy atom. The van der Waals surface area contributed by atoms with Crippen LogP contribution in [0.4, 0.5) is 4.39 Å². The summed E-state index contributed by atoms with van der Waals surface area (Å²) < 4.78 is 37.1. The molecule has 0 amide bonds. The fraction of sp³-hybridized carbons (Fsp3) is 0.467. The number of hydrogen-bond donors (Lipinski definition) is 0. The summed E-state index contributed by atoms with van der Waals surface area (Å²) in [5, 5.41) is 0. The van der Waals surface area contributed by atoms with Crippen LogP contribution in [-0.4, -0.2) is 39.2 Å². The Balaban J connectivity index is 2.30. The molecule has 0 aliphatic carbocycles. The number of nitrogens with zero attached hydrogens (tertiary/aromatic N) is 1. The maximum Gasteiger partial charge on any atom is 0.151 e. The highest BCUT2D eigenvalue weighted by atomic mass is 32.2. The predicted octanol–water partition coefficient (Wildman–Crippen LogP) is 2.48. The van der Waals surface area contributed by atoms with E-state index in [1.165, 1.54) is 0 Å². The van der Waals surface area contributed by atoms with E-state index in [2.05, 4.69) is 11.8 Å². The van der Waals surface area contributed by atoms with E-state index in [-0.39, 0.29) is 11.3 Å². The molecule has 5 heteroatoms. The summed E-state index contributed by atoms with van der Waals surface area (Å²) in [5.41, 5.74) is 1.77. The summed E-state index contributed by atoms with van der Waals surface area (Å²) in [6.07, 6.45) is 3.96. The number of hydrogen-bond acceptors (Lipinski definition) is 3. The van der Waals surface area contributed by atoms with Crippen LogP contribution < -0.4 is 0 Å². The zero-order valence-electron chi connectivity index (χ0n) is 11.9. The van der Waals surface area contributed by atoms with Crippen molar-refractivity contribution in [1.29, 1.82) is 0 Å². The first-order chi connectivity index (χ1) is 9.40. The van der Waals surface area contributed by atoms with Crippen LogP contribution in [0.5, 0.6) is 0 Å². The summed E-state index contributed by atoms with van der Waals surface area (Å²) in [6.45, 7) is 4.83. The number of likely N-dealkylation sites (N-methyl/N-ethyl adjacent to an activating group) is 1. The molecule has 0 spiro atoms. The summed E-state index contributed by atoms with van der Waals surface area (Å²) in [4.78, 5) is 2.28. The molecule has 0 aromatic heterocycles. The number of benzene rings is 1. The zero-order chi connectivity index (χ0) is 14.8. The van der Waals surface area contributed by atoms with Gasteiger partial charge in [0.15, 0.2) is 9.84 Å². The van der Waals surface area contributed by atoms with Gasteiger partial charge in [-0.25, -0.2) is 12.8 Å².